The van der Waals surface area contributed by atoms with Gasteiger partial charge in [0, 0.05) is 57.3 Å². The number of benzene rings is 1. The van der Waals surface area contributed by atoms with Gasteiger partial charge in [0.2, 0.25) is 5.91 Å². The number of carbonyl (C=O) groups excluding carboxylic acids is 2. The van der Waals surface area contributed by atoms with E-state index in [2.05, 4.69) is 20.5 Å². The van der Waals surface area contributed by atoms with Gasteiger partial charge in [0.25, 0.3) is 11.8 Å². The number of aromatic nitrogens is 1. The lowest BCUT2D eigenvalue weighted by molar-refractivity contribution is -0.130. The Balaban J connectivity index is 1.33. The number of hydrogen-bond acceptors (Lipinski definition) is 6. The molecule has 0 spiro atoms. The Morgan fingerprint density at radius 2 is 2.00 bits per heavy atom. The molecule has 2 N–H and O–H groups in total. The van der Waals surface area contributed by atoms with Crippen LogP contribution in [0.2, 0.25) is 0 Å². The van der Waals surface area contributed by atoms with E-state index < -0.39 is 24.3 Å². The van der Waals surface area contributed by atoms with Crippen LogP contribution in [0.3, 0.4) is 0 Å². The normalized spacial score (nSPS) is 18.4. The van der Waals surface area contributed by atoms with Gasteiger partial charge in [0.1, 0.15) is 5.75 Å². The maximum Gasteiger partial charge on any atom is 0.267 e. The van der Waals surface area contributed by atoms with Gasteiger partial charge in [0.05, 0.1) is 30.8 Å². The highest BCUT2D eigenvalue weighted by Crippen LogP contribution is 2.27. The highest BCUT2D eigenvalue weighted by molar-refractivity contribution is 6.07. The summed E-state index contributed by atoms with van der Waals surface area (Å²) in [7, 11) is 0. The van der Waals surface area contributed by atoms with Crippen molar-refractivity contribution in [1.29, 1.82) is 0 Å². The third-order valence-corrected chi connectivity index (χ3v) is 5.98. The minimum atomic E-state index is -2.86. The summed E-state index contributed by atoms with van der Waals surface area (Å²) in [5.74, 6) is -3.20. The van der Waals surface area contributed by atoms with Crippen LogP contribution in [0, 0.1) is 0 Å². The lowest BCUT2D eigenvalue weighted by Crippen LogP contribution is -2.43. The van der Waals surface area contributed by atoms with Gasteiger partial charge in [-0.05, 0) is 30.7 Å². The van der Waals surface area contributed by atoms with Crippen LogP contribution in [0.1, 0.15) is 23.2 Å². The van der Waals surface area contributed by atoms with Crippen LogP contribution in [0.25, 0.3) is 10.9 Å². The van der Waals surface area contributed by atoms with Crippen LogP contribution in [0.15, 0.2) is 30.5 Å². The minimum absolute atomic E-state index is 0.00472. The number of likely N-dealkylation sites (tertiary alicyclic amines) is 1. The Bertz CT molecular complexity index is 997. The second-order valence-electron chi connectivity index (χ2n) is 8.44. The van der Waals surface area contributed by atoms with Crippen LogP contribution in [0.5, 0.6) is 5.75 Å². The first-order valence-corrected chi connectivity index (χ1v) is 11.3. The SMILES string of the molecule is O=C(NCC(=O)N1CCC(F)(F)C1)c1ccnc2ccc(OCCCN3CCNCC3)cc12. The van der Waals surface area contributed by atoms with Crippen molar-refractivity contribution in [3.05, 3.63) is 36.0 Å². The molecular formula is C23H29F2N5O3. The van der Waals surface area contributed by atoms with Crippen molar-refractivity contribution in [3.8, 4) is 5.75 Å². The van der Waals surface area contributed by atoms with E-state index >= 15 is 0 Å². The van der Waals surface area contributed by atoms with Crippen molar-refractivity contribution in [2.75, 3.05) is 59.0 Å². The fraction of sp³-hybridized carbons (Fsp3) is 0.522. The number of piperazine rings is 1. The summed E-state index contributed by atoms with van der Waals surface area (Å²) in [6.07, 6.45) is 2.07. The van der Waals surface area contributed by atoms with E-state index in [1.807, 2.05) is 6.07 Å². The maximum absolute atomic E-state index is 13.3. The molecule has 10 heteroatoms. The molecule has 2 saturated heterocycles. The van der Waals surface area contributed by atoms with Crippen molar-refractivity contribution >= 4 is 22.7 Å². The first-order chi connectivity index (χ1) is 15.9. The number of alkyl halides is 2. The molecule has 2 aliphatic heterocycles. The predicted octanol–water partition coefficient (Wildman–Crippen LogP) is 1.51. The lowest BCUT2D eigenvalue weighted by atomic mass is 10.1. The molecule has 2 fully saturated rings. The van der Waals surface area contributed by atoms with Crippen molar-refractivity contribution in [3.63, 3.8) is 0 Å². The van der Waals surface area contributed by atoms with E-state index in [9.17, 15) is 18.4 Å². The maximum atomic E-state index is 13.3. The van der Waals surface area contributed by atoms with Crippen LogP contribution < -0.4 is 15.4 Å². The Morgan fingerprint density at radius 1 is 1.18 bits per heavy atom. The lowest BCUT2D eigenvalue weighted by Gasteiger charge is -2.26. The van der Waals surface area contributed by atoms with Gasteiger partial charge in [-0.3, -0.25) is 14.6 Å². The summed E-state index contributed by atoms with van der Waals surface area (Å²) in [5.41, 5.74) is 0.979. The van der Waals surface area contributed by atoms with Gasteiger partial charge in [-0.25, -0.2) is 8.78 Å². The van der Waals surface area contributed by atoms with E-state index in [1.165, 1.54) is 6.20 Å². The second kappa shape index (κ2) is 10.4. The van der Waals surface area contributed by atoms with Gasteiger partial charge in [-0.2, -0.15) is 0 Å². The molecule has 0 unspecified atom stereocenters. The van der Waals surface area contributed by atoms with Crippen molar-refractivity contribution < 1.29 is 23.1 Å². The molecule has 8 nitrogen and oxygen atoms in total. The number of pyridine rings is 1. The van der Waals surface area contributed by atoms with Crippen molar-refractivity contribution in [2.45, 2.75) is 18.8 Å². The summed E-state index contributed by atoms with van der Waals surface area (Å²) in [4.78, 5) is 32.7. The Labute approximate surface area is 191 Å². The Kier molecular flexibility index (Phi) is 7.34. The molecular weight excluding hydrogens is 432 g/mol. The molecule has 2 amide bonds. The second-order valence-corrected chi connectivity index (χ2v) is 8.44. The first-order valence-electron chi connectivity index (χ1n) is 11.3. The van der Waals surface area contributed by atoms with E-state index in [1.54, 1.807) is 18.2 Å². The van der Waals surface area contributed by atoms with Gasteiger partial charge in [-0.15, -0.1) is 0 Å². The number of ether oxygens (including phenoxy) is 1. The highest BCUT2D eigenvalue weighted by atomic mass is 19.3. The summed E-state index contributed by atoms with van der Waals surface area (Å²) >= 11 is 0. The van der Waals surface area contributed by atoms with Crippen molar-refractivity contribution in [1.82, 2.24) is 25.4 Å². The fourth-order valence-corrected chi connectivity index (χ4v) is 4.14. The van der Waals surface area contributed by atoms with Gasteiger partial charge < -0.3 is 25.2 Å². The average Bonchev–Trinajstić information content (AvgIpc) is 3.20. The topological polar surface area (TPSA) is 86.8 Å². The van der Waals surface area contributed by atoms with Crippen LogP contribution in [-0.2, 0) is 4.79 Å². The molecule has 2 aliphatic rings. The number of fused-ring (bicyclic) bond motifs is 1. The van der Waals surface area contributed by atoms with Crippen LogP contribution in [-0.4, -0.2) is 91.5 Å². The van der Waals surface area contributed by atoms with E-state index in [4.69, 9.17) is 4.74 Å². The molecule has 1 aromatic heterocycles. The van der Waals surface area contributed by atoms with E-state index in [0.29, 0.717) is 28.8 Å². The quantitative estimate of drug-likeness (QED) is 0.580. The zero-order valence-electron chi connectivity index (χ0n) is 18.5. The molecule has 0 radical (unpaired) electrons. The standard InChI is InChI=1S/C23H29F2N5O3/c24-23(25)5-10-30(16-23)21(31)15-28-22(32)18-4-6-27-20-3-2-17(14-19(18)20)33-13-1-9-29-11-7-26-8-12-29/h2-4,6,14,26H,1,5,7-13,15-16H2,(H,28,32). The van der Waals surface area contributed by atoms with E-state index in [-0.39, 0.29) is 19.5 Å². The average molecular weight is 462 g/mol. The fourth-order valence-electron chi connectivity index (χ4n) is 4.14. The number of rotatable bonds is 8. The molecule has 178 valence electrons. The number of amides is 2. The summed E-state index contributed by atoms with van der Waals surface area (Å²) < 4.78 is 32.6. The Hall–Kier alpha value is -2.85. The molecule has 0 aliphatic carbocycles. The predicted molar refractivity (Wildman–Crippen MR) is 120 cm³/mol. The highest BCUT2D eigenvalue weighted by Gasteiger charge is 2.40. The summed E-state index contributed by atoms with van der Waals surface area (Å²) in [6.45, 7) is 4.71. The van der Waals surface area contributed by atoms with E-state index in [0.717, 1.165) is 44.0 Å². The number of nitrogens with zero attached hydrogens (tertiary/aromatic N) is 3. The number of nitrogens with one attached hydrogen (secondary N) is 2. The third-order valence-electron chi connectivity index (χ3n) is 5.98. The monoisotopic (exact) mass is 461 g/mol. The zero-order valence-corrected chi connectivity index (χ0v) is 18.5. The third kappa shape index (κ3) is 6.14. The molecule has 4 rings (SSSR count). The van der Waals surface area contributed by atoms with Crippen molar-refractivity contribution in [2.24, 2.45) is 0 Å². The van der Waals surface area contributed by atoms with Crippen LogP contribution in [0.4, 0.5) is 8.78 Å². The zero-order chi connectivity index (χ0) is 23.3. The number of hydrogen-bond donors (Lipinski definition) is 2. The molecule has 33 heavy (non-hydrogen) atoms. The molecule has 0 bridgehead atoms. The minimum Gasteiger partial charge on any atom is -0.494 e. The van der Waals surface area contributed by atoms with Crippen LogP contribution >= 0.6 is 0 Å². The summed E-state index contributed by atoms with van der Waals surface area (Å²) in [6, 6.07) is 6.94. The van der Waals surface area contributed by atoms with Gasteiger partial charge in [-0.1, -0.05) is 0 Å². The molecule has 2 aromatic rings. The number of carbonyl (C=O) groups is 2. The number of halogens is 2. The Morgan fingerprint density at radius 3 is 2.76 bits per heavy atom. The summed E-state index contributed by atoms with van der Waals surface area (Å²) in [5, 5.41) is 6.49. The molecule has 0 saturated carbocycles. The van der Waals surface area contributed by atoms with Gasteiger partial charge >= 0.3 is 0 Å². The van der Waals surface area contributed by atoms with Gasteiger partial charge in [0.15, 0.2) is 0 Å². The molecule has 0 atom stereocenters. The molecule has 1 aromatic carbocycles. The first kappa shape index (κ1) is 23.3. The largest absolute Gasteiger partial charge is 0.494 e. The smallest absolute Gasteiger partial charge is 0.267 e. The molecule has 3 heterocycles.